The van der Waals surface area contributed by atoms with Crippen LogP contribution >= 0.6 is 23.8 Å². The summed E-state index contributed by atoms with van der Waals surface area (Å²) in [4.78, 5) is 2.62. The second-order valence-corrected chi connectivity index (χ2v) is 5.93. The van der Waals surface area contributed by atoms with Gasteiger partial charge in [-0.05, 0) is 32.0 Å². The first-order valence-electron chi connectivity index (χ1n) is 5.87. The molecule has 18 heavy (non-hydrogen) atoms. The molecule has 0 saturated carbocycles. The fourth-order valence-corrected chi connectivity index (χ4v) is 2.54. The van der Waals surface area contributed by atoms with Crippen molar-refractivity contribution in [3.63, 3.8) is 0 Å². The molecule has 0 unspecified atom stereocenters. The van der Waals surface area contributed by atoms with Crippen molar-refractivity contribution in [2.45, 2.75) is 19.4 Å². The van der Waals surface area contributed by atoms with Gasteiger partial charge in [-0.3, -0.25) is 0 Å². The van der Waals surface area contributed by atoms with Crippen LogP contribution in [0.5, 0.6) is 0 Å². The lowest BCUT2D eigenvalue weighted by Gasteiger charge is -2.40. The first-order valence-corrected chi connectivity index (χ1v) is 6.66. The van der Waals surface area contributed by atoms with Crippen LogP contribution in [0.4, 0.5) is 5.69 Å². The molecular weight excluding hydrogens is 268 g/mol. The van der Waals surface area contributed by atoms with Gasteiger partial charge in [0.15, 0.2) is 0 Å². The number of hydrogen-bond donors (Lipinski definition) is 1. The van der Waals surface area contributed by atoms with E-state index >= 15 is 0 Å². The van der Waals surface area contributed by atoms with Gasteiger partial charge in [-0.15, -0.1) is 0 Å². The van der Waals surface area contributed by atoms with Crippen LogP contribution < -0.4 is 10.6 Å². The minimum absolute atomic E-state index is 0.161. The summed E-state index contributed by atoms with van der Waals surface area (Å²) in [5.74, 6) is 0. The van der Waals surface area contributed by atoms with Crippen LogP contribution in [0.1, 0.15) is 19.4 Å². The van der Waals surface area contributed by atoms with Crippen molar-refractivity contribution in [1.29, 1.82) is 0 Å². The Labute approximate surface area is 118 Å². The van der Waals surface area contributed by atoms with E-state index in [9.17, 15) is 0 Å². The van der Waals surface area contributed by atoms with Gasteiger partial charge >= 0.3 is 0 Å². The number of thiocarbonyl (C=S) groups is 1. The molecule has 1 aromatic carbocycles. The Morgan fingerprint density at radius 3 is 2.83 bits per heavy atom. The van der Waals surface area contributed by atoms with Gasteiger partial charge in [0.1, 0.15) is 4.99 Å². The minimum atomic E-state index is -0.161. The largest absolute Gasteiger partial charge is 0.389 e. The molecule has 2 N–H and O–H groups in total. The average Bonchev–Trinajstić information content (AvgIpc) is 2.27. The standard InChI is InChI=1S/C13H17ClN2OS/c1-13(2)8-16(5-6-17-13)11-4-3-9(14)7-10(11)12(15)18/h3-4,7H,5-6,8H2,1-2H3,(H2,15,18). The number of rotatable bonds is 2. The molecule has 1 aromatic rings. The van der Waals surface area contributed by atoms with Crippen molar-refractivity contribution in [2.24, 2.45) is 5.73 Å². The number of hydrogen-bond acceptors (Lipinski definition) is 3. The zero-order valence-electron chi connectivity index (χ0n) is 10.6. The van der Waals surface area contributed by atoms with Crippen molar-refractivity contribution in [3.05, 3.63) is 28.8 Å². The number of nitrogens with two attached hydrogens (primary N) is 1. The lowest BCUT2D eigenvalue weighted by molar-refractivity contribution is -0.0276. The van der Waals surface area contributed by atoms with E-state index in [-0.39, 0.29) is 5.60 Å². The molecule has 1 heterocycles. The Hall–Kier alpha value is -0.840. The number of ether oxygens (including phenoxy) is 1. The second kappa shape index (κ2) is 5.03. The summed E-state index contributed by atoms with van der Waals surface area (Å²) in [6.45, 7) is 6.50. The van der Waals surface area contributed by atoms with E-state index in [0.717, 1.165) is 24.3 Å². The molecule has 3 nitrogen and oxygen atoms in total. The lowest BCUT2D eigenvalue weighted by atomic mass is 10.0. The fraction of sp³-hybridized carbons (Fsp3) is 0.462. The zero-order chi connectivity index (χ0) is 13.3. The molecule has 1 aliphatic heterocycles. The molecule has 5 heteroatoms. The van der Waals surface area contributed by atoms with E-state index in [0.29, 0.717) is 16.6 Å². The van der Waals surface area contributed by atoms with Crippen molar-refractivity contribution >= 4 is 34.5 Å². The summed E-state index contributed by atoms with van der Waals surface area (Å²) < 4.78 is 5.71. The van der Waals surface area contributed by atoms with Crippen LogP contribution in [-0.2, 0) is 4.74 Å². The molecule has 0 atom stereocenters. The molecule has 0 amide bonds. The van der Waals surface area contributed by atoms with Crippen molar-refractivity contribution in [2.75, 3.05) is 24.6 Å². The van der Waals surface area contributed by atoms with Gasteiger partial charge in [0.2, 0.25) is 0 Å². The molecule has 1 aliphatic rings. The summed E-state index contributed by atoms with van der Waals surface area (Å²) in [5, 5.41) is 0.647. The molecule has 1 fully saturated rings. The monoisotopic (exact) mass is 284 g/mol. The first-order chi connectivity index (χ1) is 8.39. The highest BCUT2D eigenvalue weighted by atomic mass is 35.5. The molecule has 0 spiro atoms. The Morgan fingerprint density at radius 2 is 2.22 bits per heavy atom. The minimum Gasteiger partial charge on any atom is -0.389 e. The highest BCUT2D eigenvalue weighted by molar-refractivity contribution is 7.80. The predicted molar refractivity (Wildman–Crippen MR) is 79.6 cm³/mol. The Balaban J connectivity index is 2.35. The third kappa shape index (κ3) is 2.94. The number of anilines is 1. The summed E-state index contributed by atoms with van der Waals surface area (Å²) in [6.07, 6.45) is 0. The van der Waals surface area contributed by atoms with E-state index in [1.165, 1.54) is 0 Å². The molecule has 1 saturated heterocycles. The highest BCUT2D eigenvalue weighted by Gasteiger charge is 2.28. The maximum atomic E-state index is 6.00. The van der Waals surface area contributed by atoms with Crippen LogP contribution in [0.25, 0.3) is 0 Å². The van der Waals surface area contributed by atoms with Crippen molar-refractivity contribution < 1.29 is 4.74 Å². The number of benzene rings is 1. The van der Waals surface area contributed by atoms with Gasteiger partial charge in [0.05, 0.1) is 12.2 Å². The predicted octanol–water partition coefficient (Wildman–Crippen LogP) is 2.59. The summed E-state index contributed by atoms with van der Waals surface area (Å²) >= 11 is 11.1. The molecule has 0 bridgehead atoms. The molecule has 0 radical (unpaired) electrons. The Bertz CT molecular complexity index is 476. The Morgan fingerprint density at radius 1 is 1.50 bits per heavy atom. The van der Waals surface area contributed by atoms with Crippen molar-refractivity contribution in [3.8, 4) is 0 Å². The normalized spacial score (nSPS) is 18.7. The van der Waals surface area contributed by atoms with Crippen LogP contribution in [0.15, 0.2) is 18.2 Å². The molecular formula is C13H17ClN2OS. The summed E-state index contributed by atoms with van der Waals surface area (Å²) in [6, 6.07) is 5.65. The van der Waals surface area contributed by atoms with E-state index in [1.54, 1.807) is 0 Å². The lowest BCUT2D eigenvalue weighted by Crippen LogP contribution is -2.48. The van der Waals surface area contributed by atoms with Gasteiger partial charge in [-0.2, -0.15) is 0 Å². The highest BCUT2D eigenvalue weighted by Crippen LogP contribution is 2.28. The molecule has 2 rings (SSSR count). The Kier molecular flexibility index (Phi) is 3.80. The average molecular weight is 285 g/mol. The van der Waals surface area contributed by atoms with Crippen LogP contribution in [0, 0.1) is 0 Å². The molecule has 98 valence electrons. The maximum absolute atomic E-state index is 6.00. The summed E-state index contributed by atoms with van der Waals surface area (Å²) in [7, 11) is 0. The topological polar surface area (TPSA) is 38.5 Å². The van der Waals surface area contributed by atoms with Crippen molar-refractivity contribution in [1.82, 2.24) is 0 Å². The van der Waals surface area contributed by atoms with Gasteiger partial charge in [0, 0.05) is 29.4 Å². The number of halogens is 1. The fourth-order valence-electron chi connectivity index (χ4n) is 2.20. The van der Waals surface area contributed by atoms with Crippen LogP contribution in [-0.4, -0.2) is 30.3 Å². The summed E-state index contributed by atoms with van der Waals surface area (Å²) in [5.41, 5.74) is 7.47. The second-order valence-electron chi connectivity index (χ2n) is 5.06. The number of nitrogens with zero attached hydrogens (tertiary/aromatic N) is 1. The number of morpholine rings is 1. The SMILES string of the molecule is CC1(C)CN(c2ccc(Cl)cc2C(N)=S)CCO1. The third-order valence-electron chi connectivity index (χ3n) is 2.99. The molecule has 0 aliphatic carbocycles. The van der Waals surface area contributed by atoms with Crippen LogP contribution in [0.3, 0.4) is 0 Å². The van der Waals surface area contributed by atoms with Gasteiger partial charge < -0.3 is 15.4 Å². The van der Waals surface area contributed by atoms with E-state index in [1.807, 2.05) is 18.2 Å². The van der Waals surface area contributed by atoms with E-state index < -0.39 is 0 Å². The van der Waals surface area contributed by atoms with Gasteiger partial charge in [-0.1, -0.05) is 23.8 Å². The van der Waals surface area contributed by atoms with Crippen LogP contribution in [0.2, 0.25) is 5.02 Å². The van der Waals surface area contributed by atoms with Gasteiger partial charge in [0.25, 0.3) is 0 Å². The quantitative estimate of drug-likeness (QED) is 0.847. The zero-order valence-corrected chi connectivity index (χ0v) is 12.1. The molecule has 0 aromatic heterocycles. The van der Waals surface area contributed by atoms with Gasteiger partial charge in [-0.25, -0.2) is 0 Å². The van der Waals surface area contributed by atoms with E-state index in [2.05, 4.69) is 18.7 Å². The first kappa shape index (κ1) is 13.6. The smallest absolute Gasteiger partial charge is 0.106 e. The van der Waals surface area contributed by atoms with E-state index in [4.69, 9.17) is 34.3 Å². The third-order valence-corrected chi connectivity index (χ3v) is 3.45. The maximum Gasteiger partial charge on any atom is 0.106 e.